The summed E-state index contributed by atoms with van der Waals surface area (Å²) in [5, 5.41) is 19.4. The van der Waals surface area contributed by atoms with Gasteiger partial charge in [-0.05, 0) is 29.5 Å². The molecule has 0 aromatic heterocycles. The lowest BCUT2D eigenvalue weighted by Crippen LogP contribution is -2.05. The first kappa shape index (κ1) is 11.1. The Bertz CT molecular complexity index is 305. The van der Waals surface area contributed by atoms with E-state index in [1.54, 1.807) is 6.07 Å². The number of benzene rings is 1. The molecular weight excluding hydrogens is 176 g/mol. The van der Waals surface area contributed by atoms with Gasteiger partial charge in [0, 0.05) is 0 Å². The number of aromatic hydroxyl groups is 1. The van der Waals surface area contributed by atoms with Gasteiger partial charge >= 0.3 is 0 Å². The second kappa shape index (κ2) is 4.47. The van der Waals surface area contributed by atoms with Crippen molar-refractivity contribution >= 4 is 0 Å². The molecule has 2 heteroatoms. The molecule has 0 saturated heterocycles. The molecular formula is C12H18O2. The Morgan fingerprint density at radius 2 is 1.93 bits per heavy atom. The van der Waals surface area contributed by atoms with Gasteiger partial charge in [-0.1, -0.05) is 32.9 Å². The van der Waals surface area contributed by atoms with Crippen LogP contribution in [0.1, 0.15) is 38.0 Å². The molecule has 0 aliphatic rings. The van der Waals surface area contributed by atoms with Crippen LogP contribution in [0.5, 0.6) is 5.75 Å². The van der Waals surface area contributed by atoms with Gasteiger partial charge in [0.2, 0.25) is 0 Å². The zero-order chi connectivity index (χ0) is 10.7. The van der Waals surface area contributed by atoms with E-state index in [4.69, 9.17) is 0 Å². The van der Waals surface area contributed by atoms with E-state index in [1.165, 1.54) is 0 Å². The first-order chi connectivity index (χ1) is 6.56. The zero-order valence-corrected chi connectivity index (χ0v) is 8.99. The third kappa shape index (κ3) is 2.26. The molecule has 1 aromatic carbocycles. The molecule has 0 saturated carbocycles. The number of aliphatic hydroxyl groups is 1. The minimum absolute atomic E-state index is 0.168. The van der Waals surface area contributed by atoms with E-state index < -0.39 is 6.10 Å². The van der Waals surface area contributed by atoms with Crippen molar-refractivity contribution < 1.29 is 10.2 Å². The van der Waals surface area contributed by atoms with Crippen LogP contribution in [0.3, 0.4) is 0 Å². The highest BCUT2D eigenvalue weighted by molar-refractivity contribution is 5.37. The van der Waals surface area contributed by atoms with E-state index in [2.05, 4.69) is 0 Å². The summed E-state index contributed by atoms with van der Waals surface area (Å²) in [7, 11) is 0. The van der Waals surface area contributed by atoms with E-state index in [-0.39, 0.29) is 11.7 Å². The van der Waals surface area contributed by atoms with Crippen molar-refractivity contribution in [3.05, 3.63) is 29.3 Å². The maximum Gasteiger partial charge on any atom is 0.119 e. The Morgan fingerprint density at radius 3 is 2.36 bits per heavy atom. The average Bonchev–Trinajstić information content (AvgIpc) is 2.16. The Balaban J connectivity index is 2.96. The van der Waals surface area contributed by atoms with Gasteiger partial charge in [-0.25, -0.2) is 0 Å². The van der Waals surface area contributed by atoms with Crippen molar-refractivity contribution in [2.24, 2.45) is 5.92 Å². The molecule has 1 aromatic rings. The summed E-state index contributed by atoms with van der Waals surface area (Å²) in [5.74, 6) is 0.451. The van der Waals surface area contributed by atoms with E-state index in [0.29, 0.717) is 0 Å². The second-order valence-electron chi connectivity index (χ2n) is 3.93. The molecule has 2 N–H and O–H groups in total. The van der Waals surface area contributed by atoms with Gasteiger partial charge in [0.1, 0.15) is 5.75 Å². The van der Waals surface area contributed by atoms with Crippen LogP contribution in [0, 0.1) is 5.92 Å². The smallest absolute Gasteiger partial charge is 0.119 e. The Hall–Kier alpha value is -1.02. The fourth-order valence-electron chi connectivity index (χ4n) is 1.45. The van der Waals surface area contributed by atoms with Crippen LogP contribution in [-0.2, 0) is 6.42 Å². The zero-order valence-electron chi connectivity index (χ0n) is 8.99. The Kier molecular flexibility index (Phi) is 3.53. The Morgan fingerprint density at radius 1 is 1.29 bits per heavy atom. The summed E-state index contributed by atoms with van der Waals surface area (Å²) >= 11 is 0. The molecule has 78 valence electrons. The van der Waals surface area contributed by atoms with Crippen molar-refractivity contribution in [2.45, 2.75) is 33.3 Å². The lowest BCUT2D eigenvalue weighted by atomic mass is 9.97. The van der Waals surface area contributed by atoms with Crippen LogP contribution in [0.15, 0.2) is 18.2 Å². The maximum absolute atomic E-state index is 9.77. The molecule has 0 fully saturated rings. The van der Waals surface area contributed by atoms with Gasteiger partial charge in [0.15, 0.2) is 0 Å². The minimum atomic E-state index is -0.494. The third-order valence-corrected chi connectivity index (χ3v) is 2.46. The summed E-state index contributed by atoms with van der Waals surface area (Å²) in [4.78, 5) is 0. The van der Waals surface area contributed by atoms with E-state index in [9.17, 15) is 10.2 Å². The number of phenolic OH excluding ortho intramolecular Hbond substituents is 1. The van der Waals surface area contributed by atoms with Crippen LogP contribution in [0.2, 0.25) is 0 Å². The summed E-state index contributed by atoms with van der Waals surface area (Å²) in [5.41, 5.74) is 1.71. The highest BCUT2D eigenvalue weighted by Gasteiger charge is 2.13. The lowest BCUT2D eigenvalue weighted by Gasteiger charge is -2.15. The molecule has 2 nitrogen and oxygen atoms in total. The molecule has 1 unspecified atom stereocenters. The van der Waals surface area contributed by atoms with Crippen molar-refractivity contribution in [3.8, 4) is 5.75 Å². The molecule has 1 atom stereocenters. The summed E-state index contributed by atoms with van der Waals surface area (Å²) in [6, 6.07) is 5.41. The maximum atomic E-state index is 9.77. The predicted octanol–water partition coefficient (Wildman–Crippen LogP) is 2.64. The lowest BCUT2D eigenvalue weighted by molar-refractivity contribution is 0.126. The number of hydrogen-bond acceptors (Lipinski definition) is 2. The number of hydrogen-bond donors (Lipinski definition) is 2. The van der Waals surface area contributed by atoms with Gasteiger partial charge in [-0.15, -0.1) is 0 Å². The molecule has 0 amide bonds. The van der Waals surface area contributed by atoms with Gasteiger partial charge < -0.3 is 10.2 Å². The van der Waals surface area contributed by atoms with Gasteiger partial charge in [0.05, 0.1) is 6.10 Å². The molecule has 0 heterocycles. The highest BCUT2D eigenvalue weighted by atomic mass is 16.3. The summed E-state index contributed by atoms with van der Waals surface area (Å²) in [6.07, 6.45) is 0.316. The molecule has 0 radical (unpaired) electrons. The van der Waals surface area contributed by atoms with Crippen molar-refractivity contribution in [2.75, 3.05) is 0 Å². The predicted molar refractivity (Wildman–Crippen MR) is 57.3 cm³/mol. The largest absolute Gasteiger partial charge is 0.508 e. The third-order valence-electron chi connectivity index (χ3n) is 2.46. The fourth-order valence-corrected chi connectivity index (χ4v) is 1.45. The quantitative estimate of drug-likeness (QED) is 0.776. The number of aryl methyl sites for hydroxylation is 1. The van der Waals surface area contributed by atoms with Crippen LogP contribution >= 0.6 is 0 Å². The number of rotatable bonds is 3. The van der Waals surface area contributed by atoms with Gasteiger partial charge in [-0.3, -0.25) is 0 Å². The van der Waals surface area contributed by atoms with Crippen LogP contribution in [-0.4, -0.2) is 10.2 Å². The van der Waals surface area contributed by atoms with Crippen molar-refractivity contribution in [1.82, 2.24) is 0 Å². The first-order valence-electron chi connectivity index (χ1n) is 5.06. The molecule has 0 aliphatic heterocycles. The van der Waals surface area contributed by atoms with Crippen molar-refractivity contribution in [3.63, 3.8) is 0 Å². The van der Waals surface area contributed by atoms with E-state index in [0.717, 1.165) is 17.5 Å². The SMILES string of the molecule is CCc1ccc(C(O)C(C)C)cc1O. The van der Waals surface area contributed by atoms with Crippen molar-refractivity contribution in [1.29, 1.82) is 0 Å². The first-order valence-corrected chi connectivity index (χ1v) is 5.06. The summed E-state index contributed by atoms with van der Waals surface area (Å²) in [6.45, 7) is 5.90. The minimum Gasteiger partial charge on any atom is -0.508 e. The number of aliphatic hydroxyl groups excluding tert-OH is 1. The second-order valence-corrected chi connectivity index (χ2v) is 3.93. The van der Waals surface area contributed by atoms with E-state index >= 15 is 0 Å². The fraction of sp³-hybridized carbons (Fsp3) is 0.500. The van der Waals surface area contributed by atoms with Gasteiger partial charge in [-0.2, -0.15) is 0 Å². The van der Waals surface area contributed by atoms with Crippen LogP contribution < -0.4 is 0 Å². The Labute approximate surface area is 85.2 Å². The topological polar surface area (TPSA) is 40.5 Å². The standard InChI is InChI=1S/C12H18O2/c1-4-9-5-6-10(7-11(9)13)12(14)8(2)3/h5-8,12-14H,4H2,1-3H3. The summed E-state index contributed by atoms with van der Waals surface area (Å²) < 4.78 is 0. The average molecular weight is 194 g/mol. The number of phenols is 1. The monoisotopic (exact) mass is 194 g/mol. The van der Waals surface area contributed by atoms with Gasteiger partial charge in [0.25, 0.3) is 0 Å². The molecule has 14 heavy (non-hydrogen) atoms. The van der Waals surface area contributed by atoms with Crippen LogP contribution in [0.25, 0.3) is 0 Å². The molecule has 0 bridgehead atoms. The molecule has 0 spiro atoms. The normalized spacial score (nSPS) is 13.2. The molecule has 0 aliphatic carbocycles. The van der Waals surface area contributed by atoms with Crippen LogP contribution in [0.4, 0.5) is 0 Å². The van der Waals surface area contributed by atoms with E-state index in [1.807, 2.05) is 32.9 Å². The molecule has 1 rings (SSSR count). The highest BCUT2D eigenvalue weighted by Crippen LogP contribution is 2.26.